The standard InChI is InChI=1S/C26H47NO/c1-6-9-10-11-15-18-23(26(27,7-2)8-3)19-20-24(28)25(4,5)21-22-16-13-12-14-17-22/h12-14,16-17,23-24,28H,6-11,15,18-21,27H2,1-5H3. The third-order valence-electron chi connectivity index (χ3n) is 6.98. The molecule has 0 aliphatic rings. The van der Waals surface area contributed by atoms with Crippen LogP contribution in [-0.2, 0) is 6.42 Å². The van der Waals surface area contributed by atoms with Crippen LogP contribution < -0.4 is 5.73 Å². The summed E-state index contributed by atoms with van der Waals surface area (Å²) in [5.74, 6) is 0.506. The van der Waals surface area contributed by atoms with E-state index >= 15 is 0 Å². The van der Waals surface area contributed by atoms with E-state index in [1.54, 1.807) is 0 Å². The molecule has 2 unspecified atom stereocenters. The Morgan fingerprint density at radius 1 is 0.857 bits per heavy atom. The molecule has 0 aliphatic heterocycles. The quantitative estimate of drug-likeness (QED) is 0.321. The predicted molar refractivity (Wildman–Crippen MR) is 124 cm³/mol. The van der Waals surface area contributed by atoms with Gasteiger partial charge in [-0.1, -0.05) is 97.1 Å². The summed E-state index contributed by atoms with van der Waals surface area (Å²) in [5, 5.41) is 11.0. The summed E-state index contributed by atoms with van der Waals surface area (Å²) in [6, 6.07) is 10.5. The van der Waals surface area contributed by atoms with Crippen LogP contribution in [0.2, 0.25) is 0 Å². The molecule has 1 rings (SSSR count). The summed E-state index contributed by atoms with van der Waals surface area (Å²) in [6.07, 6.45) is 12.3. The maximum Gasteiger partial charge on any atom is 0.0594 e. The number of aliphatic hydroxyl groups is 1. The maximum atomic E-state index is 11.0. The second-order valence-corrected chi connectivity index (χ2v) is 9.58. The van der Waals surface area contributed by atoms with Gasteiger partial charge in [0.1, 0.15) is 0 Å². The summed E-state index contributed by atoms with van der Waals surface area (Å²) >= 11 is 0. The van der Waals surface area contributed by atoms with Crippen LogP contribution >= 0.6 is 0 Å². The molecule has 0 saturated carbocycles. The van der Waals surface area contributed by atoms with Gasteiger partial charge in [0.05, 0.1) is 6.10 Å². The molecule has 0 radical (unpaired) electrons. The van der Waals surface area contributed by atoms with Crippen LogP contribution in [0.1, 0.15) is 104 Å². The molecule has 0 bridgehead atoms. The van der Waals surface area contributed by atoms with Crippen LogP contribution in [0.5, 0.6) is 0 Å². The third kappa shape index (κ3) is 8.25. The lowest BCUT2D eigenvalue weighted by Crippen LogP contribution is -2.46. The second-order valence-electron chi connectivity index (χ2n) is 9.58. The van der Waals surface area contributed by atoms with E-state index in [1.807, 2.05) is 6.07 Å². The van der Waals surface area contributed by atoms with Gasteiger partial charge in [-0.2, -0.15) is 0 Å². The van der Waals surface area contributed by atoms with Crippen LogP contribution in [0, 0.1) is 11.3 Å². The number of rotatable bonds is 15. The van der Waals surface area contributed by atoms with Gasteiger partial charge in [-0.3, -0.25) is 0 Å². The van der Waals surface area contributed by atoms with Crippen LogP contribution in [0.25, 0.3) is 0 Å². The number of hydrogen-bond donors (Lipinski definition) is 2. The summed E-state index contributed by atoms with van der Waals surface area (Å²) < 4.78 is 0. The molecule has 0 heterocycles. The van der Waals surface area contributed by atoms with Gasteiger partial charge in [0.2, 0.25) is 0 Å². The van der Waals surface area contributed by atoms with Crippen LogP contribution in [0.15, 0.2) is 30.3 Å². The van der Waals surface area contributed by atoms with Crippen molar-refractivity contribution in [2.75, 3.05) is 0 Å². The SMILES string of the molecule is CCCCCCCC(CCC(O)C(C)(C)Cc1ccccc1)C(N)(CC)CC. The summed E-state index contributed by atoms with van der Waals surface area (Å²) in [6.45, 7) is 11.1. The van der Waals surface area contributed by atoms with E-state index in [4.69, 9.17) is 5.73 Å². The molecule has 0 fully saturated rings. The Morgan fingerprint density at radius 2 is 1.46 bits per heavy atom. The van der Waals surface area contributed by atoms with Crippen molar-refractivity contribution in [2.24, 2.45) is 17.1 Å². The highest BCUT2D eigenvalue weighted by atomic mass is 16.3. The number of unbranched alkanes of at least 4 members (excludes halogenated alkanes) is 4. The molecule has 0 amide bonds. The van der Waals surface area contributed by atoms with E-state index < -0.39 is 0 Å². The van der Waals surface area contributed by atoms with Gasteiger partial charge in [-0.15, -0.1) is 0 Å². The Morgan fingerprint density at radius 3 is 2.04 bits per heavy atom. The zero-order valence-corrected chi connectivity index (χ0v) is 19.3. The van der Waals surface area contributed by atoms with E-state index in [-0.39, 0.29) is 17.1 Å². The fourth-order valence-corrected chi connectivity index (χ4v) is 4.53. The van der Waals surface area contributed by atoms with E-state index in [0.717, 1.165) is 32.1 Å². The van der Waals surface area contributed by atoms with Crippen molar-refractivity contribution in [2.45, 2.75) is 117 Å². The molecule has 2 heteroatoms. The average Bonchev–Trinajstić information content (AvgIpc) is 2.69. The van der Waals surface area contributed by atoms with Crippen molar-refractivity contribution in [3.8, 4) is 0 Å². The van der Waals surface area contributed by atoms with Crippen LogP contribution in [0.4, 0.5) is 0 Å². The molecule has 2 atom stereocenters. The summed E-state index contributed by atoms with van der Waals surface area (Å²) in [5.41, 5.74) is 7.91. The van der Waals surface area contributed by atoms with E-state index in [9.17, 15) is 5.11 Å². The first-order valence-corrected chi connectivity index (χ1v) is 11.8. The lowest BCUT2D eigenvalue weighted by molar-refractivity contribution is 0.0328. The van der Waals surface area contributed by atoms with Gasteiger partial charge >= 0.3 is 0 Å². The minimum atomic E-state index is -0.298. The molecule has 1 aromatic carbocycles. The van der Waals surface area contributed by atoms with Gasteiger partial charge in [0, 0.05) is 5.54 Å². The molecule has 3 N–H and O–H groups in total. The Balaban J connectivity index is 2.65. The molecular weight excluding hydrogens is 342 g/mol. The molecule has 1 aromatic rings. The Hall–Kier alpha value is -0.860. The largest absolute Gasteiger partial charge is 0.393 e. The van der Waals surface area contributed by atoms with Crippen molar-refractivity contribution < 1.29 is 5.11 Å². The minimum Gasteiger partial charge on any atom is -0.393 e. The Bertz CT molecular complexity index is 506. The minimum absolute atomic E-state index is 0.0892. The molecule has 0 spiro atoms. The zero-order valence-electron chi connectivity index (χ0n) is 19.3. The Kier molecular flexibility index (Phi) is 11.4. The molecule has 0 aromatic heterocycles. The first-order valence-electron chi connectivity index (χ1n) is 11.8. The van der Waals surface area contributed by atoms with Crippen molar-refractivity contribution in [1.29, 1.82) is 0 Å². The highest BCUT2D eigenvalue weighted by Gasteiger charge is 2.34. The van der Waals surface area contributed by atoms with Crippen molar-refractivity contribution in [1.82, 2.24) is 0 Å². The molecule has 0 saturated heterocycles. The molecule has 2 nitrogen and oxygen atoms in total. The average molecular weight is 390 g/mol. The number of benzene rings is 1. The van der Waals surface area contributed by atoms with Crippen LogP contribution in [-0.4, -0.2) is 16.7 Å². The summed E-state index contributed by atoms with van der Waals surface area (Å²) in [7, 11) is 0. The van der Waals surface area contributed by atoms with E-state index in [0.29, 0.717) is 5.92 Å². The van der Waals surface area contributed by atoms with Gasteiger partial charge in [0.25, 0.3) is 0 Å². The third-order valence-corrected chi connectivity index (χ3v) is 6.98. The van der Waals surface area contributed by atoms with Crippen molar-refractivity contribution in [3.63, 3.8) is 0 Å². The molecule has 162 valence electrons. The van der Waals surface area contributed by atoms with E-state index in [2.05, 4.69) is 58.9 Å². The predicted octanol–water partition coefficient (Wildman–Crippen LogP) is 6.89. The fraction of sp³-hybridized carbons (Fsp3) is 0.769. The molecule has 28 heavy (non-hydrogen) atoms. The fourth-order valence-electron chi connectivity index (χ4n) is 4.53. The lowest BCUT2D eigenvalue weighted by Gasteiger charge is -2.38. The number of aliphatic hydroxyl groups excluding tert-OH is 1. The molecule has 0 aliphatic carbocycles. The number of hydrogen-bond acceptors (Lipinski definition) is 2. The first-order chi connectivity index (χ1) is 13.3. The van der Waals surface area contributed by atoms with Gasteiger partial charge in [0.15, 0.2) is 0 Å². The monoisotopic (exact) mass is 389 g/mol. The number of nitrogens with two attached hydrogens (primary N) is 1. The van der Waals surface area contributed by atoms with E-state index in [1.165, 1.54) is 44.1 Å². The summed E-state index contributed by atoms with van der Waals surface area (Å²) in [4.78, 5) is 0. The van der Waals surface area contributed by atoms with Gasteiger partial charge in [-0.05, 0) is 55.4 Å². The maximum absolute atomic E-state index is 11.0. The van der Waals surface area contributed by atoms with Gasteiger partial charge in [-0.25, -0.2) is 0 Å². The second kappa shape index (κ2) is 12.6. The molecular formula is C26H47NO. The smallest absolute Gasteiger partial charge is 0.0594 e. The topological polar surface area (TPSA) is 46.2 Å². The van der Waals surface area contributed by atoms with Gasteiger partial charge < -0.3 is 10.8 Å². The lowest BCUT2D eigenvalue weighted by atomic mass is 9.72. The van der Waals surface area contributed by atoms with Crippen molar-refractivity contribution in [3.05, 3.63) is 35.9 Å². The highest BCUT2D eigenvalue weighted by Crippen LogP contribution is 2.35. The normalized spacial score (nSPS) is 14.8. The first kappa shape index (κ1) is 25.2. The Labute approximate surface area is 175 Å². The van der Waals surface area contributed by atoms with Crippen LogP contribution in [0.3, 0.4) is 0 Å². The van der Waals surface area contributed by atoms with Crippen molar-refractivity contribution >= 4 is 0 Å². The zero-order chi connectivity index (χ0) is 21.0. The highest BCUT2D eigenvalue weighted by molar-refractivity contribution is 5.16.